The molecule has 0 radical (unpaired) electrons. The first-order valence-corrected chi connectivity index (χ1v) is 9.11. The Hall–Kier alpha value is -0.980. The van der Waals surface area contributed by atoms with Crippen molar-refractivity contribution in [2.45, 2.75) is 58.3 Å². The molecule has 0 bridgehead atoms. The summed E-state index contributed by atoms with van der Waals surface area (Å²) in [5, 5.41) is 8.25. The molecule has 0 unspecified atom stereocenters. The molecule has 2 aliphatic rings. The van der Waals surface area contributed by atoms with Crippen LogP contribution in [0.4, 0.5) is 0 Å². The standard InChI is InChI=1S/C17H30N4O2/c1-3-21-13-18-19-17(21)16-12-20(9-11-23-16)8-10-22-15-7-5-4-6-14(15)2/h13-16H,3-12H2,1-2H3/t14-,15-,16+/m1/s1. The van der Waals surface area contributed by atoms with Crippen molar-refractivity contribution in [2.24, 2.45) is 5.92 Å². The first kappa shape index (κ1) is 16.9. The summed E-state index contributed by atoms with van der Waals surface area (Å²) >= 11 is 0. The molecule has 1 aliphatic heterocycles. The van der Waals surface area contributed by atoms with Crippen molar-refractivity contribution in [3.63, 3.8) is 0 Å². The summed E-state index contributed by atoms with van der Waals surface area (Å²) < 4.78 is 14.1. The van der Waals surface area contributed by atoms with Crippen LogP contribution in [0.2, 0.25) is 0 Å². The number of hydrogen-bond acceptors (Lipinski definition) is 5. The lowest BCUT2D eigenvalue weighted by molar-refractivity contribution is -0.0571. The predicted molar refractivity (Wildman–Crippen MR) is 88.2 cm³/mol. The molecule has 2 heterocycles. The van der Waals surface area contributed by atoms with Crippen LogP contribution in [-0.2, 0) is 16.0 Å². The van der Waals surface area contributed by atoms with Gasteiger partial charge in [-0.25, -0.2) is 0 Å². The van der Waals surface area contributed by atoms with Crippen LogP contribution in [0.25, 0.3) is 0 Å². The van der Waals surface area contributed by atoms with Gasteiger partial charge in [0.1, 0.15) is 12.4 Å². The van der Waals surface area contributed by atoms with Gasteiger partial charge >= 0.3 is 0 Å². The Morgan fingerprint density at radius 2 is 2.22 bits per heavy atom. The maximum absolute atomic E-state index is 6.15. The highest BCUT2D eigenvalue weighted by atomic mass is 16.5. The zero-order chi connectivity index (χ0) is 16.1. The van der Waals surface area contributed by atoms with Crippen LogP contribution >= 0.6 is 0 Å². The summed E-state index contributed by atoms with van der Waals surface area (Å²) in [6.07, 6.45) is 7.50. The van der Waals surface area contributed by atoms with E-state index >= 15 is 0 Å². The lowest BCUT2D eigenvalue weighted by Gasteiger charge is -2.33. The maximum atomic E-state index is 6.15. The van der Waals surface area contributed by atoms with Gasteiger partial charge in [0.25, 0.3) is 0 Å². The van der Waals surface area contributed by atoms with Crippen molar-refractivity contribution in [3.05, 3.63) is 12.2 Å². The lowest BCUT2D eigenvalue weighted by Crippen LogP contribution is -2.41. The average Bonchev–Trinajstić information content (AvgIpc) is 3.06. The minimum Gasteiger partial charge on any atom is -0.377 e. The highest BCUT2D eigenvalue weighted by Gasteiger charge is 2.26. The van der Waals surface area contributed by atoms with E-state index in [4.69, 9.17) is 9.47 Å². The second-order valence-corrected chi connectivity index (χ2v) is 6.81. The number of ether oxygens (including phenoxy) is 2. The molecule has 130 valence electrons. The number of hydrogen-bond donors (Lipinski definition) is 0. The zero-order valence-corrected chi connectivity index (χ0v) is 14.5. The van der Waals surface area contributed by atoms with Crippen molar-refractivity contribution >= 4 is 0 Å². The fourth-order valence-corrected chi connectivity index (χ4v) is 3.68. The lowest BCUT2D eigenvalue weighted by atomic mass is 9.88. The minimum atomic E-state index is 0.0276. The molecule has 23 heavy (non-hydrogen) atoms. The van der Waals surface area contributed by atoms with Crippen LogP contribution in [0, 0.1) is 5.92 Å². The number of nitrogens with zero attached hydrogens (tertiary/aromatic N) is 4. The van der Waals surface area contributed by atoms with Crippen LogP contribution in [0.1, 0.15) is 51.5 Å². The third kappa shape index (κ3) is 4.31. The van der Waals surface area contributed by atoms with Gasteiger partial charge in [-0.1, -0.05) is 19.8 Å². The molecule has 1 saturated carbocycles. The van der Waals surface area contributed by atoms with E-state index < -0.39 is 0 Å². The number of rotatable bonds is 6. The molecule has 0 amide bonds. The summed E-state index contributed by atoms with van der Waals surface area (Å²) in [6, 6.07) is 0. The summed E-state index contributed by atoms with van der Waals surface area (Å²) in [5.74, 6) is 1.66. The quantitative estimate of drug-likeness (QED) is 0.804. The van der Waals surface area contributed by atoms with Crippen molar-refractivity contribution in [2.75, 3.05) is 32.8 Å². The highest BCUT2D eigenvalue weighted by Crippen LogP contribution is 2.26. The molecule has 1 aromatic heterocycles. The van der Waals surface area contributed by atoms with Gasteiger partial charge in [-0.2, -0.15) is 0 Å². The van der Waals surface area contributed by atoms with E-state index in [0.29, 0.717) is 12.0 Å². The molecular formula is C17H30N4O2. The Balaban J connectivity index is 1.45. The normalized spacial score (nSPS) is 29.7. The topological polar surface area (TPSA) is 52.4 Å². The molecule has 6 nitrogen and oxygen atoms in total. The van der Waals surface area contributed by atoms with E-state index in [9.17, 15) is 0 Å². The van der Waals surface area contributed by atoms with Gasteiger partial charge in [0.05, 0.1) is 19.3 Å². The third-order valence-electron chi connectivity index (χ3n) is 5.20. The van der Waals surface area contributed by atoms with E-state index in [1.165, 1.54) is 25.7 Å². The van der Waals surface area contributed by atoms with Gasteiger partial charge < -0.3 is 14.0 Å². The van der Waals surface area contributed by atoms with E-state index in [1.54, 1.807) is 6.33 Å². The first-order chi connectivity index (χ1) is 11.3. The predicted octanol–water partition coefficient (Wildman–Crippen LogP) is 2.27. The van der Waals surface area contributed by atoms with Crippen molar-refractivity contribution in [1.29, 1.82) is 0 Å². The second-order valence-electron chi connectivity index (χ2n) is 6.81. The Bertz CT molecular complexity index is 479. The Labute approximate surface area is 139 Å². The van der Waals surface area contributed by atoms with Crippen LogP contribution in [0.5, 0.6) is 0 Å². The summed E-state index contributed by atoms with van der Waals surface area (Å²) in [5.41, 5.74) is 0. The van der Waals surface area contributed by atoms with Gasteiger partial charge in [0.2, 0.25) is 0 Å². The molecule has 1 saturated heterocycles. The van der Waals surface area contributed by atoms with E-state index in [2.05, 4.69) is 33.5 Å². The van der Waals surface area contributed by atoms with E-state index in [0.717, 1.165) is 45.2 Å². The van der Waals surface area contributed by atoms with Crippen molar-refractivity contribution in [3.8, 4) is 0 Å². The third-order valence-corrected chi connectivity index (χ3v) is 5.20. The summed E-state index contributed by atoms with van der Waals surface area (Å²) in [6.45, 7) is 9.71. The molecule has 3 atom stereocenters. The number of aryl methyl sites for hydroxylation is 1. The van der Waals surface area contributed by atoms with Crippen LogP contribution in [0.3, 0.4) is 0 Å². The number of morpholine rings is 1. The fourth-order valence-electron chi connectivity index (χ4n) is 3.68. The molecule has 0 aromatic carbocycles. The minimum absolute atomic E-state index is 0.0276. The Kier molecular flexibility index (Phi) is 6.02. The molecule has 1 aliphatic carbocycles. The van der Waals surface area contributed by atoms with Crippen LogP contribution in [0.15, 0.2) is 6.33 Å². The maximum Gasteiger partial charge on any atom is 0.163 e. The van der Waals surface area contributed by atoms with Gasteiger partial charge in [0.15, 0.2) is 5.82 Å². The van der Waals surface area contributed by atoms with E-state index in [1.807, 2.05) is 0 Å². The summed E-state index contributed by atoms with van der Waals surface area (Å²) in [7, 11) is 0. The molecule has 0 N–H and O–H groups in total. The smallest absolute Gasteiger partial charge is 0.163 e. The fraction of sp³-hybridized carbons (Fsp3) is 0.882. The molecule has 3 rings (SSSR count). The van der Waals surface area contributed by atoms with Gasteiger partial charge in [-0.05, 0) is 25.7 Å². The van der Waals surface area contributed by atoms with Gasteiger partial charge in [-0.15, -0.1) is 10.2 Å². The Morgan fingerprint density at radius 1 is 1.35 bits per heavy atom. The largest absolute Gasteiger partial charge is 0.377 e. The molecule has 6 heteroatoms. The molecule has 2 fully saturated rings. The first-order valence-electron chi connectivity index (χ1n) is 9.11. The van der Waals surface area contributed by atoms with Crippen molar-refractivity contribution < 1.29 is 9.47 Å². The van der Waals surface area contributed by atoms with E-state index in [-0.39, 0.29) is 6.10 Å². The SMILES string of the molecule is CCn1cnnc1[C@@H]1CN(CCO[C@@H]2CCCC[C@H]2C)CCO1. The average molecular weight is 322 g/mol. The monoisotopic (exact) mass is 322 g/mol. The number of aromatic nitrogens is 3. The second kappa shape index (κ2) is 8.22. The summed E-state index contributed by atoms with van der Waals surface area (Å²) in [4.78, 5) is 2.43. The molecule has 1 aromatic rings. The molecule has 0 spiro atoms. The van der Waals surface area contributed by atoms with Gasteiger partial charge in [0, 0.05) is 26.2 Å². The van der Waals surface area contributed by atoms with Crippen molar-refractivity contribution in [1.82, 2.24) is 19.7 Å². The molecular weight excluding hydrogens is 292 g/mol. The van der Waals surface area contributed by atoms with Gasteiger partial charge in [-0.3, -0.25) is 4.90 Å². The van der Waals surface area contributed by atoms with Crippen LogP contribution in [-0.4, -0.2) is 58.6 Å². The Morgan fingerprint density at radius 3 is 3.04 bits per heavy atom. The zero-order valence-electron chi connectivity index (χ0n) is 14.5. The highest BCUT2D eigenvalue weighted by molar-refractivity contribution is 4.94. The van der Waals surface area contributed by atoms with Crippen LogP contribution < -0.4 is 0 Å².